The Hall–Kier alpha value is -0.970. The first kappa shape index (κ1) is 13.0. The smallest absolute Gasteiger partial charge is 0.167 e. The van der Waals surface area contributed by atoms with Gasteiger partial charge in [-0.3, -0.25) is 14.7 Å². The third-order valence-corrected chi connectivity index (χ3v) is 4.31. The van der Waals surface area contributed by atoms with Crippen LogP contribution in [0, 0.1) is 0 Å². The Kier molecular flexibility index (Phi) is 3.82. The van der Waals surface area contributed by atoms with E-state index in [1.807, 2.05) is 0 Å². The molecule has 0 saturated carbocycles. The summed E-state index contributed by atoms with van der Waals surface area (Å²) in [7, 11) is 0. The van der Waals surface area contributed by atoms with Crippen molar-refractivity contribution in [3.63, 3.8) is 0 Å². The molecule has 3 heterocycles. The van der Waals surface area contributed by atoms with E-state index in [9.17, 15) is 4.79 Å². The molecule has 0 N–H and O–H groups in total. The first-order valence-corrected chi connectivity index (χ1v) is 7.08. The Morgan fingerprint density at radius 3 is 3.32 bits per heavy atom. The summed E-state index contributed by atoms with van der Waals surface area (Å²) in [6, 6.07) is 2.32. The van der Waals surface area contributed by atoms with Crippen molar-refractivity contribution in [3.05, 3.63) is 29.0 Å². The van der Waals surface area contributed by atoms with Gasteiger partial charge in [-0.1, -0.05) is 11.6 Å². The van der Waals surface area contributed by atoms with E-state index in [2.05, 4.69) is 9.88 Å². The third-order valence-electron chi connectivity index (χ3n) is 3.97. The minimum absolute atomic E-state index is 0.110. The van der Waals surface area contributed by atoms with E-state index in [1.54, 1.807) is 18.5 Å². The average molecular weight is 281 g/mol. The SMILES string of the molecule is O=C(Cc1ccncc1Cl)C1CN2CCCC2CO1. The van der Waals surface area contributed by atoms with E-state index in [4.69, 9.17) is 16.3 Å². The first-order chi connectivity index (χ1) is 9.24. The van der Waals surface area contributed by atoms with Gasteiger partial charge in [-0.25, -0.2) is 0 Å². The molecular formula is C14H17ClN2O2. The van der Waals surface area contributed by atoms with Gasteiger partial charge in [0.05, 0.1) is 11.6 Å². The van der Waals surface area contributed by atoms with Gasteiger partial charge in [-0.05, 0) is 31.0 Å². The van der Waals surface area contributed by atoms with Crippen molar-refractivity contribution in [2.24, 2.45) is 0 Å². The summed E-state index contributed by atoms with van der Waals surface area (Å²) in [5.41, 5.74) is 0.828. The molecule has 2 unspecified atom stereocenters. The van der Waals surface area contributed by atoms with Crippen LogP contribution in [0.4, 0.5) is 0 Å². The lowest BCUT2D eigenvalue weighted by Crippen LogP contribution is -2.49. The van der Waals surface area contributed by atoms with Gasteiger partial charge in [0.25, 0.3) is 0 Å². The zero-order chi connectivity index (χ0) is 13.2. The van der Waals surface area contributed by atoms with Crippen LogP contribution in [0.3, 0.4) is 0 Å². The van der Waals surface area contributed by atoms with Crippen molar-refractivity contribution in [1.82, 2.24) is 9.88 Å². The number of fused-ring (bicyclic) bond motifs is 1. The zero-order valence-corrected chi connectivity index (χ0v) is 11.5. The van der Waals surface area contributed by atoms with Crippen molar-refractivity contribution in [1.29, 1.82) is 0 Å². The minimum atomic E-state index is -0.307. The molecule has 5 heteroatoms. The van der Waals surface area contributed by atoms with Gasteiger partial charge in [0.15, 0.2) is 5.78 Å². The monoisotopic (exact) mass is 280 g/mol. The van der Waals surface area contributed by atoms with Crippen molar-refractivity contribution in [2.45, 2.75) is 31.4 Å². The molecule has 0 bridgehead atoms. The maximum absolute atomic E-state index is 12.3. The molecule has 0 amide bonds. The summed E-state index contributed by atoms with van der Waals surface area (Å²) in [5, 5.41) is 0.547. The molecule has 0 aromatic carbocycles. The molecule has 2 aliphatic rings. The van der Waals surface area contributed by atoms with Crippen molar-refractivity contribution in [2.75, 3.05) is 19.7 Å². The maximum atomic E-state index is 12.3. The van der Waals surface area contributed by atoms with E-state index >= 15 is 0 Å². The van der Waals surface area contributed by atoms with Gasteiger partial charge in [0, 0.05) is 31.4 Å². The van der Waals surface area contributed by atoms with Crippen LogP contribution >= 0.6 is 11.6 Å². The minimum Gasteiger partial charge on any atom is -0.367 e. The van der Waals surface area contributed by atoms with Gasteiger partial charge in [0.1, 0.15) is 6.10 Å². The van der Waals surface area contributed by atoms with Crippen LogP contribution in [-0.4, -0.2) is 47.5 Å². The lowest BCUT2D eigenvalue weighted by molar-refractivity contribution is -0.137. The molecule has 4 nitrogen and oxygen atoms in total. The van der Waals surface area contributed by atoms with Crippen LogP contribution in [0.25, 0.3) is 0 Å². The van der Waals surface area contributed by atoms with Crippen molar-refractivity contribution in [3.8, 4) is 0 Å². The first-order valence-electron chi connectivity index (χ1n) is 6.71. The molecule has 2 saturated heterocycles. The van der Waals surface area contributed by atoms with Crippen LogP contribution in [0.1, 0.15) is 18.4 Å². The number of hydrogen-bond acceptors (Lipinski definition) is 4. The summed E-state index contributed by atoms with van der Waals surface area (Å²) < 4.78 is 5.72. The lowest BCUT2D eigenvalue weighted by Gasteiger charge is -2.34. The number of Topliss-reactive ketones (excluding diaryl/α,β-unsaturated/α-hetero) is 1. The van der Waals surface area contributed by atoms with E-state index < -0.39 is 0 Å². The number of ether oxygens (including phenoxy) is 1. The molecule has 2 aliphatic heterocycles. The van der Waals surface area contributed by atoms with Gasteiger partial charge < -0.3 is 4.74 Å². The summed E-state index contributed by atoms with van der Waals surface area (Å²) in [6.07, 6.45) is 5.65. The molecule has 2 fully saturated rings. The number of morpholine rings is 1. The van der Waals surface area contributed by atoms with Gasteiger partial charge >= 0.3 is 0 Å². The second-order valence-corrected chi connectivity index (χ2v) is 5.63. The van der Waals surface area contributed by atoms with Crippen LogP contribution in [-0.2, 0) is 16.0 Å². The third kappa shape index (κ3) is 2.81. The highest BCUT2D eigenvalue weighted by Gasteiger charge is 2.35. The average Bonchev–Trinajstić information content (AvgIpc) is 2.88. The number of halogens is 1. The van der Waals surface area contributed by atoms with Crippen molar-refractivity contribution < 1.29 is 9.53 Å². The Morgan fingerprint density at radius 2 is 2.47 bits per heavy atom. The molecule has 0 spiro atoms. The van der Waals surface area contributed by atoms with E-state index in [-0.39, 0.29) is 11.9 Å². The van der Waals surface area contributed by atoms with Crippen LogP contribution < -0.4 is 0 Å². The highest BCUT2D eigenvalue weighted by atomic mass is 35.5. The number of carbonyl (C=O) groups is 1. The largest absolute Gasteiger partial charge is 0.367 e. The number of carbonyl (C=O) groups excluding carboxylic acids is 1. The van der Waals surface area contributed by atoms with E-state index in [1.165, 1.54) is 12.8 Å². The molecule has 0 aliphatic carbocycles. The maximum Gasteiger partial charge on any atom is 0.167 e. The molecule has 102 valence electrons. The molecule has 1 aromatic heterocycles. The number of pyridine rings is 1. The predicted molar refractivity (Wildman–Crippen MR) is 72.3 cm³/mol. The normalized spacial score (nSPS) is 27.2. The molecule has 2 atom stereocenters. The van der Waals surface area contributed by atoms with Gasteiger partial charge in [0.2, 0.25) is 0 Å². The van der Waals surface area contributed by atoms with Gasteiger partial charge in [-0.15, -0.1) is 0 Å². The number of aromatic nitrogens is 1. The summed E-state index contributed by atoms with van der Waals surface area (Å²) in [6.45, 7) is 2.50. The van der Waals surface area contributed by atoms with Gasteiger partial charge in [-0.2, -0.15) is 0 Å². The fraction of sp³-hybridized carbons (Fsp3) is 0.571. The Bertz CT molecular complexity index is 480. The summed E-state index contributed by atoms with van der Waals surface area (Å²) in [5.74, 6) is 0.110. The Balaban J connectivity index is 1.63. The molecule has 1 aromatic rings. The highest BCUT2D eigenvalue weighted by Crippen LogP contribution is 2.24. The fourth-order valence-electron chi connectivity index (χ4n) is 2.86. The van der Waals surface area contributed by atoms with Crippen molar-refractivity contribution >= 4 is 17.4 Å². The molecular weight excluding hydrogens is 264 g/mol. The fourth-order valence-corrected chi connectivity index (χ4v) is 3.05. The molecule has 0 radical (unpaired) electrons. The van der Waals surface area contributed by atoms with E-state index in [0.29, 0.717) is 24.1 Å². The lowest BCUT2D eigenvalue weighted by atomic mass is 10.0. The standard InChI is InChI=1S/C14H17ClN2O2/c15-12-7-16-4-3-10(12)6-13(18)14-8-17-5-1-2-11(17)9-19-14/h3-4,7,11,14H,1-2,5-6,8-9H2. The molecule has 19 heavy (non-hydrogen) atoms. The zero-order valence-electron chi connectivity index (χ0n) is 10.7. The quantitative estimate of drug-likeness (QED) is 0.845. The Labute approximate surface area is 117 Å². The van der Waals surface area contributed by atoms with Crippen LogP contribution in [0.15, 0.2) is 18.5 Å². The van der Waals surface area contributed by atoms with Crippen LogP contribution in [0.2, 0.25) is 5.02 Å². The molecule has 3 rings (SSSR count). The second kappa shape index (κ2) is 5.57. The van der Waals surface area contributed by atoms with Crippen LogP contribution in [0.5, 0.6) is 0 Å². The number of ketones is 1. The summed E-state index contributed by atoms with van der Waals surface area (Å²) >= 11 is 6.03. The number of nitrogens with zero attached hydrogens (tertiary/aromatic N) is 2. The number of hydrogen-bond donors (Lipinski definition) is 0. The topological polar surface area (TPSA) is 42.4 Å². The second-order valence-electron chi connectivity index (χ2n) is 5.22. The number of rotatable bonds is 3. The highest BCUT2D eigenvalue weighted by molar-refractivity contribution is 6.31. The van der Waals surface area contributed by atoms with E-state index in [0.717, 1.165) is 18.7 Å². The Morgan fingerprint density at radius 1 is 1.58 bits per heavy atom. The summed E-state index contributed by atoms with van der Waals surface area (Å²) in [4.78, 5) is 18.6. The predicted octanol–water partition coefficient (Wildman–Crippen LogP) is 1.71.